The Morgan fingerprint density at radius 2 is 2.00 bits per heavy atom. The lowest BCUT2D eigenvalue weighted by molar-refractivity contribution is -0.137. The van der Waals surface area contributed by atoms with Gasteiger partial charge in [0.15, 0.2) is 0 Å². The molecule has 2 aliphatic rings. The number of carbonyl (C=O) groups is 2. The monoisotopic (exact) mass is 561 g/mol. The number of benzene rings is 1. The van der Waals surface area contributed by atoms with Crippen LogP contribution in [0.15, 0.2) is 49.1 Å². The van der Waals surface area contributed by atoms with Crippen LogP contribution in [0.2, 0.25) is 0 Å². The number of ether oxygens (including phenoxy) is 2. The van der Waals surface area contributed by atoms with Gasteiger partial charge < -0.3 is 24.6 Å². The van der Waals surface area contributed by atoms with E-state index in [0.29, 0.717) is 51.8 Å². The van der Waals surface area contributed by atoms with E-state index in [2.05, 4.69) is 29.0 Å². The molecule has 2 fully saturated rings. The zero-order chi connectivity index (χ0) is 28.8. The Hall–Kier alpha value is -3.99. The van der Waals surface area contributed by atoms with E-state index in [9.17, 15) is 9.59 Å². The van der Waals surface area contributed by atoms with Gasteiger partial charge in [0.05, 0.1) is 31.4 Å². The number of nitrogens with one attached hydrogen (secondary N) is 1. The van der Waals surface area contributed by atoms with Gasteiger partial charge in [0.2, 0.25) is 17.8 Å². The third kappa shape index (κ3) is 7.02. The largest absolute Gasteiger partial charge is 0.497 e. The van der Waals surface area contributed by atoms with Crippen LogP contribution in [0.3, 0.4) is 0 Å². The lowest BCUT2D eigenvalue weighted by Crippen LogP contribution is -2.57. The van der Waals surface area contributed by atoms with E-state index in [0.717, 1.165) is 29.2 Å². The molecule has 0 aliphatic carbocycles. The quantitative estimate of drug-likeness (QED) is 0.402. The summed E-state index contributed by atoms with van der Waals surface area (Å²) in [6, 6.07) is 9.61. The molecule has 4 heterocycles. The zero-order valence-electron chi connectivity index (χ0n) is 24.0. The van der Waals surface area contributed by atoms with Gasteiger partial charge in [-0.2, -0.15) is 4.98 Å². The van der Waals surface area contributed by atoms with Crippen LogP contribution >= 0.6 is 0 Å². The van der Waals surface area contributed by atoms with Gasteiger partial charge in [-0.05, 0) is 36.5 Å². The first-order chi connectivity index (χ1) is 19.9. The van der Waals surface area contributed by atoms with Gasteiger partial charge in [0.25, 0.3) is 0 Å². The van der Waals surface area contributed by atoms with Crippen LogP contribution in [-0.4, -0.2) is 88.8 Å². The van der Waals surface area contributed by atoms with Crippen molar-refractivity contribution in [2.24, 2.45) is 5.92 Å². The summed E-state index contributed by atoms with van der Waals surface area (Å²) in [6.07, 6.45) is 6.90. The molecule has 1 N–H and O–H groups in total. The second kappa shape index (κ2) is 13.1. The lowest BCUT2D eigenvalue weighted by atomic mass is 10.0. The second-order valence-corrected chi connectivity index (χ2v) is 10.9. The van der Waals surface area contributed by atoms with Gasteiger partial charge in [-0.1, -0.05) is 26.0 Å². The maximum atomic E-state index is 13.3. The summed E-state index contributed by atoms with van der Waals surface area (Å²) in [5.74, 6) is 2.22. The molecule has 0 saturated carbocycles. The number of imidazole rings is 1. The predicted molar refractivity (Wildman–Crippen MR) is 154 cm³/mol. The highest BCUT2D eigenvalue weighted by molar-refractivity contribution is 5.80. The Morgan fingerprint density at radius 1 is 1.17 bits per heavy atom. The fraction of sp³-hybridized carbons (Fsp3) is 0.500. The van der Waals surface area contributed by atoms with Crippen LogP contribution < -0.4 is 15.0 Å². The predicted octanol–water partition coefficient (Wildman–Crippen LogP) is 2.60. The number of carbonyl (C=O) groups excluding carboxylic acids is 2. The van der Waals surface area contributed by atoms with Crippen LogP contribution in [0.25, 0.3) is 5.95 Å². The highest BCUT2D eigenvalue weighted by atomic mass is 16.5. The summed E-state index contributed by atoms with van der Waals surface area (Å²) in [4.78, 5) is 44.3. The molecule has 5 rings (SSSR count). The maximum absolute atomic E-state index is 13.3. The van der Waals surface area contributed by atoms with E-state index < -0.39 is 0 Å². The van der Waals surface area contributed by atoms with Crippen molar-refractivity contribution in [3.8, 4) is 11.7 Å². The third-order valence-corrected chi connectivity index (χ3v) is 7.73. The molecule has 2 amide bonds. The van der Waals surface area contributed by atoms with Gasteiger partial charge in [-0.25, -0.2) is 9.97 Å². The molecule has 218 valence electrons. The van der Waals surface area contributed by atoms with Crippen LogP contribution in [-0.2, 0) is 20.7 Å². The number of piperazine rings is 1. The van der Waals surface area contributed by atoms with Crippen molar-refractivity contribution in [2.45, 2.75) is 45.1 Å². The minimum atomic E-state index is -0.235. The Labute approximate surface area is 240 Å². The second-order valence-electron chi connectivity index (χ2n) is 10.9. The molecule has 11 heteroatoms. The summed E-state index contributed by atoms with van der Waals surface area (Å²) in [7, 11) is 1.64. The molecule has 1 aromatic carbocycles. The topological polar surface area (TPSA) is 115 Å². The first-order valence-electron chi connectivity index (χ1n) is 14.3. The summed E-state index contributed by atoms with van der Waals surface area (Å²) in [5.41, 5.74) is 2.03. The summed E-state index contributed by atoms with van der Waals surface area (Å²) in [5, 5.41) is 3.08. The lowest BCUT2D eigenvalue weighted by Gasteiger charge is -2.42. The van der Waals surface area contributed by atoms with Gasteiger partial charge >= 0.3 is 0 Å². The average Bonchev–Trinajstić information content (AvgIpc) is 3.72. The molecule has 2 atom stereocenters. The first kappa shape index (κ1) is 28.5. The van der Waals surface area contributed by atoms with Gasteiger partial charge in [0, 0.05) is 57.7 Å². The van der Waals surface area contributed by atoms with Gasteiger partial charge in [-0.3, -0.25) is 14.2 Å². The zero-order valence-corrected chi connectivity index (χ0v) is 24.0. The highest BCUT2D eigenvalue weighted by Gasteiger charge is 2.36. The average molecular weight is 562 g/mol. The van der Waals surface area contributed by atoms with Crippen molar-refractivity contribution < 1.29 is 19.1 Å². The number of anilines is 1. The van der Waals surface area contributed by atoms with E-state index in [-0.39, 0.29) is 36.1 Å². The molecule has 3 aromatic rings. The van der Waals surface area contributed by atoms with Crippen LogP contribution in [0.4, 0.5) is 5.82 Å². The Kier molecular flexibility index (Phi) is 9.13. The minimum absolute atomic E-state index is 0.0556. The molecule has 0 bridgehead atoms. The molecule has 0 spiro atoms. The normalized spacial score (nSPS) is 19.0. The van der Waals surface area contributed by atoms with Crippen LogP contribution in [0, 0.1) is 5.92 Å². The number of amides is 2. The van der Waals surface area contributed by atoms with Crippen molar-refractivity contribution >= 4 is 17.6 Å². The van der Waals surface area contributed by atoms with Gasteiger partial charge in [-0.15, -0.1) is 0 Å². The Balaban J connectivity index is 1.33. The number of aromatic nitrogens is 4. The fourth-order valence-electron chi connectivity index (χ4n) is 5.32. The number of hydrogen-bond donors (Lipinski definition) is 1. The standard InChI is InChI=1S/C30H39N7O4/c1-21(2)26-17-27(34-30(33-26)36-12-11-31-20-36)37-14-13-35(29(39)23-9-15-41-19-23)18-24(37)16-28(38)32-10-8-22-4-6-25(40-3)7-5-22/h4-7,11-12,17,20-21,23-24H,8-10,13-16,18-19H2,1-3H3,(H,32,38). The van der Waals surface area contributed by atoms with Gasteiger partial charge in [0.1, 0.15) is 17.9 Å². The molecule has 2 saturated heterocycles. The van der Waals surface area contributed by atoms with Crippen LogP contribution in [0.5, 0.6) is 5.75 Å². The third-order valence-electron chi connectivity index (χ3n) is 7.73. The molecular weight excluding hydrogens is 522 g/mol. The van der Waals surface area contributed by atoms with Crippen LogP contribution in [0.1, 0.15) is 43.9 Å². The molecule has 0 radical (unpaired) electrons. The molecule has 41 heavy (non-hydrogen) atoms. The number of hydrogen-bond acceptors (Lipinski definition) is 8. The van der Waals surface area contributed by atoms with E-state index >= 15 is 0 Å². The molecule has 2 unspecified atom stereocenters. The first-order valence-corrected chi connectivity index (χ1v) is 14.3. The smallest absolute Gasteiger partial charge is 0.237 e. The molecular formula is C30H39N7O4. The highest BCUT2D eigenvalue weighted by Crippen LogP contribution is 2.27. The maximum Gasteiger partial charge on any atom is 0.237 e. The van der Waals surface area contributed by atoms with Crippen molar-refractivity contribution in [3.05, 3.63) is 60.3 Å². The SMILES string of the molecule is COc1ccc(CCNC(=O)CC2CN(C(=O)C3CCOC3)CCN2c2cc(C(C)C)nc(-n3ccnc3)n2)cc1. The van der Waals surface area contributed by atoms with E-state index in [1.807, 2.05) is 41.4 Å². The number of methoxy groups -OCH3 is 1. The number of rotatable bonds is 10. The van der Waals surface area contributed by atoms with E-state index in [1.54, 1.807) is 24.2 Å². The van der Waals surface area contributed by atoms with Crippen molar-refractivity contribution in [2.75, 3.05) is 51.4 Å². The summed E-state index contributed by atoms with van der Waals surface area (Å²) >= 11 is 0. The molecule has 2 aliphatic heterocycles. The number of nitrogens with zero attached hydrogens (tertiary/aromatic N) is 6. The van der Waals surface area contributed by atoms with Crippen molar-refractivity contribution in [3.63, 3.8) is 0 Å². The summed E-state index contributed by atoms with van der Waals surface area (Å²) < 4.78 is 12.5. The van der Waals surface area contributed by atoms with Crippen molar-refractivity contribution in [1.82, 2.24) is 29.7 Å². The minimum Gasteiger partial charge on any atom is -0.497 e. The molecule has 11 nitrogen and oxygen atoms in total. The Morgan fingerprint density at radius 3 is 2.68 bits per heavy atom. The Bertz CT molecular complexity index is 1310. The fourth-order valence-corrected chi connectivity index (χ4v) is 5.32. The summed E-state index contributed by atoms with van der Waals surface area (Å²) in [6.45, 7) is 7.38. The van der Waals surface area contributed by atoms with E-state index in [4.69, 9.17) is 19.4 Å². The van der Waals surface area contributed by atoms with E-state index in [1.165, 1.54) is 0 Å². The van der Waals surface area contributed by atoms with Crippen molar-refractivity contribution in [1.29, 1.82) is 0 Å². The molecule has 2 aromatic heterocycles.